The molecule has 0 saturated carbocycles. The molecule has 1 fully saturated rings. The van der Waals surface area contributed by atoms with Gasteiger partial charge in [0, 0.05) is 12.1 Å². The fourth-order valence-corrected chi connectivity index (χ4v) is 4.11. The minimum atomic E-state index is -0.100. The van der Waals surface area contributed by atoms with Crippen molar-refractivity contribution in [2.24, 2.45) is 0 Å². The smallest absolute Gasteiger partial charge is 0.272 e. The molecular weight excluding hydrogens is 344 g/mol. The predicted molar refractivity (Wildman–Crippen MR) is 105 cm³/mol. The number of thiophene rings is 1. The summed E-state index contributed by atoms with van der Waals surface area (Å²) in [5.74, 6) is -0.100. The van der Waals surface area contributed by atoms with Crippen LogP contribution in [0.1, 0.15) is 30.3 Å². The van der Waals surface area contributed by atoms with Gasteiger partial charge in [-0.05, 0) is 56.0 Å². The van der Waals surface area contributed by atoms with Crippen molar-refractivity contribution in [3.8, 4) is 16.3 Å². The van der Waals surface area contributed by atoms with E-state index in [0.29, 0.717) is 11.7 Å². The number of aromatic nitrogens is 2. The van der Waals surface area contributed by atoms with E-state index in [1.807, 2.05) is 52.5 Å². The van der Waals surface area contributed by atoms with E-state index in [9.17, 15) is 4.79 Å². The van der Waals surface area contributed by atoms with Crippen molar-refractivity contribution >= 4 is 17.2 Å². The maximum atomic E-state index is 12.8. The second-order valence-electron chi connectivity index (χ2n) is 6.69. The zero-order valence-electron chi connectivity index (χ0n) is 14.7. The van der Waals surface area contributed by atoms with Gasteiger partial charge in [0.15, 0.2) is 5.69 Å². The fraction of sp³-hybridized carbons (Fsp3) is 0.300. The lowest BCUT2D eigenvalue weighted by atomic mass is 10.0. The minimum absolute atomic E-state index is 0.100. The third-order valence-corrected chi connectivity index (χ3v) is 5.57. The number of para-hydroxylation sites is 1. The van der Waals surface area contributed by atoms with E-state index >= 15 is 0 Å². The second kappa shape index (κ2) is 7.43. The molecule has 3 aromatic rings. The van der Waals surface area contributed by atoms with Gasteiger partial charge in [0.1, 0.15) is 0 Å². The minimum Gasteiger partial charge on any atom is -0.348 e. The van der Waals surface area contributed by atoms with Crippen molar-refractivity contribution in [2.75, 3.05) is 6.54 Å². The van der Waals surface area contributed by atoms with Gasteiger partial charge in [-0.3, -0.25) is 4.79 Å². The molecule has 1 aliphatic heterocycles. The first-order valence-electron chi connectivity index (χ1n) is 8.94. The van der Waals surface area contributed by atoms with Crippen molar-refractivity contribution in [3.63, 3.8) is 0 Å². The quantitative estimate of drug-likeness (QED) is 0.743. The molecule has 5 nitrogen and oxygen atoms in total. The van der Waals surface area contributed by atoms with Crippen LogP contribution >= 0.6 is 11.3 Å². The molecule has 6 heteroatoms. The Labute approximate surface area is 157 Å². The fourth-order valence-electron chi connectivity index (χ4n) is 3.38. The highest BCUT2D eigenvalue weighted by Gasteiger charge is 2.23. The van der Waals surface area contributed by atoms with Gasteiger partial charge < -0.3 is 10.6 Å². The van der Waals surface area contributed by atoms with Gasteiger partial charge in [-0.1, -0.05) is 24.3 Å². The normalized spacial score (nSPS) is 20.0. The summed E-state index contributed by atoms with van der Waals surface area (Å²) in [5.41, 5.74) is 2.35. The maximum absolute atomic E-state index is 12.8. The zero-order chi connectivity index (χ0) is 17.9. The first-order chi connectivity index (χ1) is 12.7. The second-order valence-corrected chi connectivity index (χ2v) is 7.64. The van der Waals surface area contributed by atoms with E-state index < -0.39 is 0 Å². The molecule has 134 valence electrons. The molecule has 1 amide bonds. The van der Waals surface area contributed by atoms with Gasteiger partial charge in [-0.15, -0.1) is 11.3 Å². The van der Waals surface area contributed by atoms with Crippen molar-refractivity contribution in [1.82, 2.24) is 20.4 Å². The average Bonchev–Trinajstić information content (AvgIpc) is 3.32. The Morgan fingerprint density at radius 1 is 1.27 bits per heavy atom. The number of hydrogen-bond donors (Lipinski definition) is 2. The lowest BCUT2D eigenvalue weighted by Gasteiger charge is -2.28. The monoisotopic (exact) mass is 366 g/mol. The SMILES string of the molecule is CC1CC(NC(=O)c2cc(-c3cccs3)n(-c3ccccc3)n2)CCN1. The van der Waals surface area contributed by atoms with Gasteiger partial charge in [-0.25, -0.2) is 4.68 Å². The van der Waals surface area contributed by atoms with Crippen molar-refractivity contribution in [3.05, 3.63) is 59.6 Å². The molecule has 1 saturated heterocycles. The molecule has 1 aromatic carbocycles. The molecule has 2 N–H and O–H groups in total. The van der Waals surface area contributed by atoms with Crippen LogP contribution < -0.4 is 10.6 Å². The summed E-state index contributed by atoms with van der Waals surface area (Å²) < 4.78 is 1.85. The van der Waals surface area contributed by atoms with Crippen LogP contribution in [0.15, 0.2) is 53.9 Å². The summed E-state index contributed by atoms with van der Waals surface area (Å²) in [7, 11) is 0. The molecule has 2 aromatic heterocycles. The molecule has 0 aliphatic carbocycles. The third-order valence-electron chi connectivity index (χ3n) is 4.68. The molecule has 0 bridgehead atoms. The van der Waals surface area contributed by atoms with Crippen LogP contribution in [0.25, 0.3) is 16.3 Å². The summed E-state index contributed by atoms with van der Waals surface area (Å²) in [6.45, 7) is 3.09. The van der Waals surface area contributed by atoms with Crippen LogP contribution in [0.4, 0.5) is 0 Å². The summed E-state index contributed by atoms with van der Waals surface area (Å²) in [6.07, 6.45) is 1.90. The third kappa shape index (κ3) is 3.57. The van der Waals surface area contributed by atoms with Crippen molar-refractivity contribution in [2.45, 2.75) is 31.8 Å². The van der Waals surface area contributed by atoms with Crippen LogP contribution in [-0.4, -0.2) is 34.3 Å². The van der Waals surface area contributed by atoms with Crippen LogP contribution in [0, 0.1) is 0 Å². The Balaban J connectivity index is 1.64. The lowest BCUT2D eigenvalue weighted by Crippen LogP contribution is -2.46. The van der Waals surface area contributed by atoms with E-state index in [4.69, 9.17) is 0 Å². The molecule has 26 heavy (non-hydrogen) atoms. The zero-order valence-corrected chi connectivity index (χ0v) is 15.5. The number of nitrogens with zero attached hydrogens (tertiary/aromatic N) is 2. The van der Waals surface area contributed by atoms with Crippen molar-refractivity contribution < 1.29 is 4.79 Å². The predicted octanol–water partition coefficient (Wildman–Crippen LogP) is 3.47. The highest BCUT2D eigenvalue weighted by atomic mass is 32.1. The van der Waals surface area contributed by atoms with Gasteiger partial charge in [0.25, 0.3) is 5.91 Å². The number of carbonyl (C=O) groups excluding carboxylic acids is 1. The number of rotatable bonds is 4. The van der Waals surface area contributed by atoms with E-state index in [2.05, 4.69) is 28.7 Å². The number of nitrogens with one attached hydrogen (secondary N) is 2. The topological polar surface area (TPSA) is 59.0 Å². The summed E-state index contributed by atoms with van der Waals surface area (Å²) >= 11 is 1.65. The van der Waals surface area contributed by atoms with E-state index in [1.165, 1.54) is 0 Å². The Morgan fingerprint density at radius 3 is 2.85 bits per heavy atom. The molecule has 2 atom stereocenters. The van der Waals surface area contributed by atoms with Crippen LogP contribution in [0.3, 0.4) is 0 Å². The average molecular weight is 366 g/mol. The highest BCUT2D eigenvalue weighted by molar-refractivity contribution is 7.13. The van der Waals surface area contributed by atoms with E-state index in [1.54, 1.807) is 11.3 Å². The van der Waals surface area contributed by atoms with Crippen LogP contribution in [-0.2, 0) is 0 Å². The largest absolute Gasteiger partial charge is 0.348 e. The lowest BCUT2D eigenvalue weighted by molar-refractivity contribution is 0.0920. The summed E-state index contributed by atoms with van der Waals surface area (Å²) in [5, 5.41) is 13.2. The highest BCUT2D eigenvalue weighted by Crippen LogP contribution is 2.28. The molecule has 4 rings (SSSR count). The van der Waals surface area contributed by atoms with Gasteiger partial charge in [0.05, 0.1) is 16.3 Å². The molecule has 2 unspecified atom stereocenters. The summed E-state index contributed by atoms with van der Waals surface area (Å²) in [4.78, 5) is 13.9. The molecule has 0 spiro atoms. The first-order valence-corrected chi connectivity index (χ1v) is 9.82. The molecule has 3 heterocycles. The summed E-state index contributed by atoms with van der Waals surface area (Å²) in [6, 6.07) is 16.5. The number of hydrogen-bond acceptors (Lipinski definition) is 4. The molecule has 0 radical (unpaired) electrons. The van der Waals surface area contributed by atoms with Gasteiger partial charge in [0.2, 0.25) is 0 Å². The number of benzene rings is 1. The Bertz CT molecular complexity index is 873. The Morgan fingerprint density at radius 2 is 2.12 bits per heavy atom. The molecular formula is C20H22N4OS. The first kappa shape index (κ1) is 17.0. The van der Waals surface area contributed by atoms with Gasteiger partial charge >= 0.3 is 0 Å². The maximum Gasteiger partial charge on any atom is 0.272 e. The van der Waals surface area contributed by atoms with E-state index in [0.717, 1.165) is 35.6 Å². The van der Waals surface area contributed by atoms with Gasteiger partial charge in [-0.2, -0.15) is 5.10 Å². The van der Waals surface area contributed by atoms with E-state index in [-0.39, 0.29) is 11.9 Å². The number of carbonyl (C=O) groups is 1. The number of piperidine rings is 1. The van der Waals surface area contributed by atoms with Crippen LogP contribution in [0.5, 0.6) is 0 Å². The number of amides is 1. The Hall–Kier alpha value is -2.44. The van der Waals surface area contributed by atoms with Crippen molar-refractivity contribution in [1.29, 1.82) is 0 Å². The van der Waals surface area contributed by atoms with Crippen LogP contribution in [0.2, 0.25) is 0 Å². The standard InChI is InChI=1S/C20H22N4OS/c1-14-12-15(9-10-21-14)22-20(25)17-13-18(19-8-5-11-26-19)24(23-17)16-6-3-2-4-7-16/h2-8,11,13-15,21H,9-10,12H2,1H3,(H,22,25). The Kier molecular flexibility index (Phi) is 4.86. The molecule has 1 aliphatic rings.